The maximum atomic E-state index is 12.3. The molecular weight excluding hydrogens is 295 g/mol. The number of hydrogen-bond donors (Lipinski definition) is 1. The Labute approximate surface area is 119 Å². The van der Waals surface area contributed by atoms with Gasteiger partial charge in [-0.3, -0.25) is 0 Å². The summed E-state index contributed by atoms with van der Waals surface area (Å²) in [5, 5.41) is 0. The van der Waals surface area contributed by atoms with E-state index >= 15 is 0 Å². The number of hydrogen-bond acceptors (Lipinski definition) is 4. The lowest BCUT2D eigenvalue weighted by atomic mass is 10.2. The van der Waals surface area contributed by atoms with Gasteiger partial charge >= 0.3 is 6.18 Å². The summed E-state index contributed by atoms with van der Waals surface area (Å²) in [7, 11) is 0. The van der Waals surface area contributed by atoms with Crippen LogP contribution in [0.25, 0.3) is 0 Å². The van der Waals surface area contributed by atoms with Crippen molar-refractivity contribution in [3.05, 3.63) is 48.0 Å². The lowest BCUT2D eigenvalue weighted by molar-refractivity contribution is -0.145. The zero-order valence-electron chi connectivity index (χ0n) is 10.1. The number of ether oxygens (including phenoxy) is 1. The summed E-state index contributed by atoms with van der Waals surface area (Å²) >= 11 is 0. The predicted molar refractivity (Wildman–Crippen MR) is 68.7 cm³/mol. The van der Waals surface area contributed by atoms with E-state index in [0.717, 1.165) is 18.0 Å². The molecular formula is C12H11ClF3N3O. The van der Waals surface area contributed by atoms with Gasteiger partial charge in [-0.15, -0.1) is 12.4 Å². The summed E-state index contributed by atoms with van der Waals surface area (Å²) in [4.78, 5) is 6.40. The van der Waals surface area contributed by atoms with Crippen LogP contribution in [0.4, 0.5) is 13.2 Å². The minimum Gasteiger partial charge on any atom is -0.454 e. The van der Waals surface area contributed by atoms with E-state index in [4.69, 9.17) is 10.5 Å². The summed E-state index contributed by atoms with van der Waals surface area (Å²) in [6, 6.07) is 6.86. The van der Waals surface area contributed by atoms with E-state index in [2.05, 4.69) is 9.97 Å². The summed E-state index contributed by atoms with van der Waals surface area (Å²) in [5.41, 5.74) is 6.37. The van der Waals surface area contributed by atoms with E-state index < -0.39 is 12.0 Å². The normalized spacial score (nSPS) is 10.8. The molecule has 2 rings (SSSR count). The first kappa shape index (κ1) is 16.2. The van der Waals surface area contributed by atoms with Crippen molar-refractivity contribution in [1.82, 2.24) is 9.97 Å². The van der Waals surface area contributed by atoms with Gasteiger partial charge in [0.1, 0.15) is 5.75 Å². The molecule has 20 heavy (non-hydrogen) atoms. The van der Waals surface area contributed by atoms with Crippen LogP contribution in [0.2, 0.25) is 0 Å². The van der Waals surface area contributed by atoms with Gasteiger partial charge in [0, 0.05) is 6.54 Å². The Morgan fingerprint density at radius 1 is 1.00 bits per heavy atom. The zero-order valence-corrected chi connectivity index (χ0v) is 10.9. The van der Waals surface area contributed by atoms with Crippen LogP contribution in [0.5, 0.6) is 11.5 Å². The SMILES string of the molecule is Cl.NCc1ccc(Oc2cnc(C(F)(F)F)nc2)cc1. The molecule has 2 aromatic rings. The molecule has 1 aromatic heterocycles. The van der Waals surface area contributed by atoms with Crippen LogP contribution in [0.3, 0.4) is 0 Å². The summed E-state index contributed by atoms with van der Waals surface area (Å²) in [6.07, 6.45) is -2.60. The van der Waals surface area contributed by atoms with Crippen LogP contribution in [0.15, 0.2) is 36.7 Å². The fourth-order valence-corrected chi connectivity index (χ4v) is 1.34. The van der Waals surface area contributed by atoms with Crippen molar-refractivity contribution < 1.29 is 17.9 Å². The first-order valence-corrected chi connectivity index (χ1v) is 5.35. The summed E-state index contributed by atoms with van der Waals surface area (Å²) < 4.78 is 42.1. The zero-order chi connectivity index (χ0) is 13.9. The van der Waals surface area contributed by atoms with Crippen molar-refractivity contribution in [1.29, 1.82) is 0 Å². The molecule has 1 heterocycles. The molecule has 0 aliphatic carbocycles. The van der Waals surface area contributed by atoms with Crippen LogP contribution in [0.1, 0.15) is 11.4 Å². The van der Waals surface area contributed by atoms with Gasteiger partial charge in [0.2, 0.25) is 5.82 Å². The average Bonchev–Trinajstić information content (AvgIpc) is 2.39. The standard InChI is InChI=1S/C12H10F3N3O.ClH/c13-12(14,15)11-17-6-10(7-18-11)19-9-3-1-8(5-16)2-4-9;/h1-4,6-7H,5,16H2;1H. The molecule has 0 amide bonds. The first-order valence-electron chi connectivity index (χ1n) is 5.35. The third-order valence-corrected chi connectivity index (χ3v) is 2.28. The van der Waals surface area contributed by atoms with E-state index in [1.807, 2.05) is 0 Å². The lowest BCUT2D eigenvalue weighted by Gasteiger charge is -2.07. The number of aromatic nitrogens is 2. The van der Waals surface area contributed by atoms with Crippen molar-refractivity contribution in [2.45, 2.75) is 12.7 Å². The van der Waals surface area contributed by atoms with E-state index in [0.29, 0.717) is 12.3 Å². The van der Waals surface area contributed by atoms with E-state index in [1.165, 1.54) is 0 Å². The number of nitrogens with zero attached hydrogens (tertiary/aromatic N) is 2. The summed E-state index contributed by atoms with van der Waals surface area (Å²) in [6.45, 7) is 0.406. The summed E-state index contributed by atoms with van der Waals surface area (Å²) in [5.74, 6) is -0.590. The minimum absolute atomic E-state index is 0. The number of rotatable bonds is 3. The molecule has 1 aromatic carbocycles. The second kappa shape index (κ2) is 6.53. The Hall–Kier alpha value is -1.86. The number of alkyl halides is 3. The van der Waals surface area contributed by atoms with Crippen molar-refractivity contribution in [2.24, 2.45) is 5.73 Å². The molecule has 0 unspecified atom stereocenters. The molecule has 0 radical (unpaired) electrons. The van der Waals surface area contributed by atoms with Crippen LogP contribution >= 0.6 is 12.4 Å². The highest BCUT2D eigenvalue weighted by atomic mass is 35.5. The van der Waals surface area contributed by atoms with Crippen LogP contribution in [-0.4, -0.2) is 9.97 Å². The number of halogens is 4. The topological polar surface area (TPSA) is 61.0 Å². The van der Waals surface area contributed by atoms with Crippen molar-refractivity contribution >= 4 is 12.4 Å². The molecule has 0 aliphatic rings. The largest absolute Gasteiger partial charge is 0.454 e. The van der Waals surface area contributed by atoms with Crippen LogP contribution < -0.4 is 10.5 Å². The molecule has 108 valence electrons. The number of benzene rings is 1. The Morgan fingerprint density at radius 3 is 2.00 bits per heavy atom. The second-order valence-corrected chi connectivity index (χ2v) is 3.69. The molecule has 0 bridgehead atoms. The fourth-order valence-electron chi connectivity index (χ4n) is 1.34. The predicted octanol–water partition coefficient (Wildman–Crippen LogP) is 3.17. The van der Waals surface area contributed by atoms with Crippen molar-refractivity contribution in [3.8, 4) is 11.5 Å². The molecule has 0 saturated carbocycles. The first-order chi connectivity index (χ1) is 8.99. The fraction of sp³-hybridized carbons (Fsp3) is 0.167. The van der Waals surface area contributed by atoms with Crippen LogP contribution in [-0.2, 0) is 12.7 Å². The average molecular weight is 306 g/mol. The minimum atomic E-state index is -4.55. The molecule has 0 atom stereocenters. The monoisotopic (exact) mass is 305 g/mol. The quantitative estimate of drug-likeness (QED) is 0.946. The van der Waals surface area contributed by atoms with Gasteiger partial charge in [-0.25, -0.2) is 9.97 Å². The van der Waals surface area contributed by atoms with E-state index in [-0.39, 0.29) is 18.2 Å². The van der Waals surface area contributed by atoms with Gasteiger partial charge in [0.25, 0.3) is 0 Å². The molecule has 2 N–H and O–H groups in total. The third-order valence-electron chi connectivity index (χ3n) is 2.28. The molecule has 0 fully saturated rings. The molecule has 8 heteroatoms. The van der Waals surface area contributed by atoms with Gasteiger partial charge in [-0.1, -0.05) is 12.1 Å². The smallest absolute Gasteiger partial charge is 0.451 e. The Kier molecular flexibility index (Phi) is 5.29. The molecule has 4 nitrogen and oxygen atoms in total. The third kappa shape index (κ3) is 4.07. The van der Waals surface area contributed by atoms with Crippen LogP contribution in [0, 0.1) is 0 Å². The van der Waals surface area contributed by atoms with E-state index in [9.17, 15) is 13.2 Å². The van der Waals surface area contributed by atoms with Crippen molar-refractivity contribution in [3.63, 3.8) is 0 Å². The Balaban J connectivity index is 0.00000200. The maximum absolute atomic E-state index is 12.3. The molecule has 0 spiro atoms. The maximum Gasteiger partial charge on any atom is 0.451 e. The molecule has 0 aliphatic heterocycles. The number of nitrogens with two attached hydrogens (primary N) is 1. The van der Waals surface area contributed by atoms with Crippen molar-refractivity contribution in [2.75, 3.05) is 0 Å². The highest BCUT2D eigenvalue weighted by Crippen LogP contribution is 2.27. The highest BCUT2D eigenvalue weighted by molar-refractivity contribution is 5.85. The molecule has 0 saturated heterocycles. The second-order valence-electron chi connectivity index (χ2n) is 3.69. The van der Waals surface area contributed by atoms with Gasteiger partial charge in [0.15, 0.2) is 5.75 Å². The van der Waals surface area contributed by atoms with Gasteiger partial charge < -0.3 is 10.5 Å². The van der Waals surface area contributed by atoms with E-state index in [1.54, 1.807) is 24.3 Å². The van der Waals surface area contributed by atoms with Gasteiger partial charge in [-0.05, 0) is 17.7 Å². The lowest BCUT2D eigenvalue weighted by Crippen LogP contribution is -2.10. The Bertz CT molecular complexity index is 543. The highest BCUT2D eigenvalue weighted by Gasteiger charge is 2.34. The Morgan fingerprint density at radius 2 is 1.55 bits per heavy atom. The van der Waals surface area contributed by atoms with Gasteiger partial charge in [-0.2, -0.15) is 13.2 Å². The van der Waals surface area contributed by atoms with Gasteiger partial charge in [0.05, 0.1) is 12.4 Å².